The Morgan fingerprint density at radius 2 is 1.69 bits per heavy atom. The van der Waals surface area contributed by atoms with Crippen molar-refractivity contribution in [2.75, 3.05) is 4.90 Å². The van der Waals surface area contributed by atoms with Crippen molar-refractivity contribution in [2.45, 2.75) is 6.61 Å². The molecule has 0 bridgehead atoms. The van der Waals surface area contributed by atoms with E-state index in [0.29, 0.717) is 27.0 Å². The Bertz CT molecular complexity index is 1240. The largest absolute Gasteiger partial charge is 0.488 e. The number of ether oxygens (including phenoxy) is 1. The summed E-state index contributed by atoms with van der Waals surface area (Å²) in [5.41, 5.74) is 1.91. The molecular weight excluding hydrogens is 467 g/mol. The van der Waals surface area contributed by atoms with E-state index in [9.17, 15) is 9.59 Å². The monoisotopic (exact) mass is 482 g/mol. The second-order valence-electron chi connectivity index (χ2n) is 6.89. The summed E-state index contributed by atoms with van der Waals surface area (Å²) in [5, 5.41) is 3.71. The number of benzene rings is 3. The molecule has 0 saturated carbocycles. The van der Waals surface area contributed by atoms with Gasteiger partial charge in [-0.05, 0) is 66.3 Å². The van der Waals surface area contributed by atoms with E-state index < -0.39 is 11.8 Å². The summed E-state index contributed by atoms with van der Waals surface area (Å²) in [6, 6.07) is 21.1. The van der Waals surface area contributed by atoms with Crippen LogP contribution in [0.4, 0.5) is 5.69 Å². The smallest absolute Gasteiger partial charge is 0.270 e. The third-order valence-electron chi connectivity index (χ3n) is 4.69. The van der Waals surface area contributed by atoms with E-state index in [2.05, 4.69) is 5.32 Å². The zero-order valence-electron chi connectivity index (χ0n) is 16.5. The Morgan fingerprint density at radius 1 is 0.938 bits per heavy atom. The molecule has 5 nitrogen and oxygen atoms in total. The van der Waals surface area contributed by atoms with Crippen LogP contribution in [0.5, 0.6) is 5.75 Å². The molecule has 3 aromatic carbocycles. The Morgan fingerprint density at radius 3 is 2.44 bits per heavy atom. The molecule has 0 spiro atoms. The number of amides is 2. The molecule has 2 amide bonds. The fourth-order valence-corrected chi connectivity index (χ4v) is 3.78. The maximum atomic E-state index is 13.2. The topological polar surface area (TPSA) is 58.6 Å². The molecule has 0 aromatic heterocycles. The highest BCUT2D eigenvalue weighted by Crippen LogP contribution is 2.27. The van der Waals surface area contributed by atoms with Crippen LogP contribution in [0.3, 0.4) is 0 Å². The number of hydrogen-bond donors (Lipinski definition) is 1. The first-order valence-electron chi connectivity index (χ1n) is 9.55. The molecule has 1 aliphatic heterocycles. The van der Waals surface area contributed by atoms with Crippen molar-refractivity contribution in [3.8, 4) is 5.75 Å². The van der Waals surface area contributed by atoms with Gasteiger partial charge in [-0.15, -0.1) is 0 Å². The van der Waals surface area contributed by atoms with Gasteiger partial charge < -0.3 is 4.74 Å². The van der Waals surface area contributed by atoms with E-state index >= 15 is 0 Å². The minimum Gasteiger partial charge on any atom is -0.488 e. The number of rotatable bonds is 5. The van der Waals surface area contributed by atoms with Gasteiger partial charge in [-0.1, -0.05) is 53.5 Å². The van der Waals surface area contributed by atoms with Gasteiger partial charge in [-0.2, -0.15) is 0 Å². The zero-order valence-corrected chi connectivity index (χ0v) is 18.9. The van der Waals surface area contributed by atoms with Gasteiger partial charge in [-0.3, -0.25) is 19.8 Å². The molecule has 1 fully saturated rings. The van der Waals surface area contributed by atoms with Crippen LogP contribution in [-0.4, -0.2) is 16.9 Å². The van der Waals surface area contributed by atoms with Crippen LogP contribution >= 0.6 is 35.4 Å². The van der Waals surface area contributed by atoms with Crippen molar-refractivity contribution in [2.24, 2.45) is 0 Å². The third-order valence-corrected chi connectivity index (χ3v) is 5.46. The second-order valence-corrected chi connectivity index (χ2v) is 8.15. The van der Waals surface area contributed by atoms with Crippen LogP contribution in [0, 0.1) is 0 Å². The maximum Gasteiger partial charge on any atom is 0.270 e. The summed E-state index contributed by atoms with van der Waals surface area (Å²) < 4.78 is 5.94. The standard InChI is InChI=1S/C24H16Cl2N2O3S/c25-17-8-10-19(11-9-17)28-23(30)20(22(29)27-24(28)32)13-16-5-1-2-7-21(16)31-14-15-4-3-6-18(26)12-15/h1-13H,14H2,(H,27,29,32)/b20-13+. The Balaban J connectivity index is 1.63. The predicted octanol–water partition coefficient (Wildman–Crippen LogP) is 5.40. The molecule has 160 valence electrons. The molecule has 0 radical (unpaired) electrons. The number of para-hydroxylation sites is 1. The fraction of sp³-hybridized carbons (Fsp3) is 0.0417. The van der Waals surface area contributed by atoms with E-state index in [4.69, 9.17) is 40.2 Å². The summed E-state index contributed by atoms with van der Waals surface area (Å²) in [4.78, 5) is 27.0. The minimum atomic E-state index is -0.574. The van der Waals surface area contributed by atoms with Gasteiger partial charge in [0, 0.05) is 15.6 Å². The van der Waals surface area contributed by atoms with Crippen molar-refractivity contribution < 1.29 is 14.3 Å². The van der Waals surface area contributed by atoms with Crippen molar-refractivity contribution >= 4 is 64.1 Å². The van der Waals surface area contributed by atoms with Crippen LogP contribution in [0.1, 0.15) is 11.1 Å². The number of hydrogen-bond acceptors (Lipinski definition) is 4. The summed E-state index contributed by atoms with van der Waals surface area (Å²) in [5.74, 6) is -0.590. The molecule has 4 rings (SSSR count). The van der Waals surface area contributed by atoms with Gasteiger partial charge in [0.25, 0.3) is 11.8 Å². The van der Waals surface area contributed by atoms with E-state index in [0.717, 1.165) is 5.56 Å². The molecule has 1 aliphatic rings. The van der Waals surface area contributed by atoms with Gasteiger partial charge in [0.05, 0.1) is 5.69 Å². The number of anilines is 1. The Hall–Kier alpha value is -3.19. The molecule has 1 saturated heterocycles. The van der Waals surface area contributed by atoms with Crippen LogP contribution in [0.2, 0.25) is 10.0 Å². The van der Waals surface area contributed by atoms with E-state index in [1.54, 1.807) is 48.5 Å². The van der Waals surface area contributed by atoms with Crippen molar-refractivity contribution in [3.63, 3.8) is 0 Å². The molecule has 32 heavy (non-hydrogen) atoms. The fourth-order valence-electron chi connectivity index (χ4n) is 3.16. The first-order chi connectivity index (χ1) is 15.4. The molecule has 3 aromatic rings. The first kappa shape index (κ1) is 22.0. The van der Waals surface area contributed by atoms with E-state index in [1.807, 2.05) is 24.3 Å². The van der Waals surface area contributed by atoms with Crippen LogP contribution < -0.4 is 15.0 Å². The third kappa shape index (κ3) is 4.83. The highest BCUT2D eigenvalue weighted by atomic mass is 35.5. The SMILES string of the molecule is O=C1NC(=S)N(c2ccc(Cl)cc2)C(=O)/C1=C/c1ccccc1OCc1cccc(Cl)c1. The number of halogens is 2. The second kappa shape index (κ2) is 9.53. The summed E-state index contributed by atoms with van der Waals surface area (Å²) in [6.07, 6.45) is 1.50. The Kier molecular flexibility index (Phi) is 6.55. The number of carbonyl (C=O) groups excluding carboxylic acids is 2. The Labute approximate surface area is 200 Å². The van der Waals surface area contributed by atoms with Crippen molar-refractivity contribution in [1.82, 2.24) is 5.32 Å². The number of nitrogens with one attached hydrogen (secondary N) is 1. The molecule has 1 heterocycles. The number of carbonyl (C=O) groups is 2. The van der Waals surface area contributed by atoms with Gasteiger partial charge in [0.1, 0.15) is 17.9 Å². The normalized spacial score (nSPS) is 15.1. The average molecular weight is 483 g/mol. The van der Waals surface area contributed by atoms with Crippen LogP contribution in [-0.2, 0) is 16.2 Å². The van der Waals surface area contributed by atoms with Gasteiger partial charge in [0.15, 0.2) is 5.11 Å². The number of thiocarbonyl (C=S) groups is 1. The number of nitrogens with zero attached hydrogens (tertiary/aromatic N) is 1. The van der Waals surface area contributed by atoms with E-state index in [-0.39, 0.29) is 17.3 Å². The average Bonchev–Trinajstić information content (AvgIpc) is 2.77. The maximum absolute atomic E-state index is 13.2. The highest BCUT2D eigenvalue weighted by molar-refractivity contribution is 7.80. The first-order valence-corrected chi connectivity index (χ1v) is 10.7. The summed E-state index contributed by atoms with van der Waals surface area (Å²) in [7, 11) is 0. The molecule has 0 unspecified atom stereocenters. The molecule has 1 N–H and O–H groups in total. The van der Waals surface area contributed by atoms with Crippen LogP contribution in [0.25, 0.3) is 6.08 Å². The minimum absolute atomic E-state index is 0.00460. The lowest BCUT2D eigenvalue weighted by molar-refractivity contribution is -0.122. The van der Waals surface area contributed by atoms with Gasteiger partial charge in [0.2, 0.25) is 0 Å². The summed E-state index contributed by atoms with van der Waals surface area (Å²) >= 11 is 17.2. The van der Waals surface area contributed by atoms with E-state index in [1.165, 1.54) is 11.0 Å². The highest BCUT2D eigenvalue weighted by Gasteiger charge is 2.34. The van der Waals surface area contributed by atoms with Crippen molar-refractivity contribution in [3.05, 3.63) is 99.5 Å². The molecule has 0 aliphatic carbocycles. The lowest BCUT2D eigenvalue weighted by Crippen LogP contribution is -2.54. The summed E-state index contributed by atoms with van der Waals surface area (Å²) in [6.45, 7) is 0.280. The lowest BCUT2D eigenvalue weighted by Gasteiger charge is -2.29. The predicted molar refractivity (Wildman–Crippen MR) is 130 cm³/mol. The molecule has 8 heteroatoms. The quantitative estimate of drug-likeness (QED) is 0.300. The molecule has 0 atom stereocenters. The zero-order chi connectivity index (χ0) is 22.7. The van der Waals surface area contributed by atoms with Gasteiger partial charge in [-0.25, -0.2) is 0 Å². The lowest BCUT2D eigenvalue weighted by atomic mass is 10.1. The van der Waals surface area contributed by atoms with Crippen LogP contribution in [0.15, 0.2) is 78.4 Å². The van der Waals surface area contributed by atoms with Crippen molar-refractivity contribution in [1.29, 1.82) is 0 Å². The van der Waals surface area contributed by atoms with Gasteiger partial charge >= 0.3 is 0 Å². The molecular formula is C24H16Cl2N2O3S.